The fraction of sp³-hybridized carbons (Fsp3) is 0.478. The molecule has 1 N–H and O–H groups in total. The number of halogens is 2. The lowest BCUT2D eigenvalue weighted by atomic mass is 9.57. The minimum absolute atomic E-state index is 0.0819. The first-order valence-electron chi connectivity index (χ1n) is 9.92. The lowest BCUT2D eigenvalue weighted by Crippen LogP contribution is -2.40. The van der Waals surface area contributed by atoms with Crippen molar-refractivity contribution >= 4 is 12.9 Å². The zero-order valence-corrected chi connectivity index (χ0v) is 16.5. The van der Waals surface area contributed by atoms with Crippen molar-refractivity contribution in [3.8, 4) is 0 Å². The van der Waals surface area contributed by atoms with Crippen molar-refractivity contribution in [3.05, 3.63) is 65.9 Å². The van der Waals surface area contributed by atoms with Gasteiger partial charge in [-0.3, -0.25) is 0 Å². The molecule has 27 heavy (non-hydrogen) atoms. The van der Waals surface area contributed by atoms with Crippen LogP contribution in [0.4, 0.5) is 8.78 Å². The molecule has 145 valence electrons. The Hall–Kier alpha value is -1.84. The van der Waals surface area contributed by atoms with Gasteiger partial charge >= 0.3 is 0 Å². The highest BCUT2D eigenvalue weighted by atomic mass is 19.3. The molecule has 0 saturated carbocycles. The van der Waals surface area contributed by atoms with Crippen LogP contribution in [0.3, 0.4) is 0 Å². The van der Waals surface area contributed by atoms with E-state index >= 15 is 0 Å². The lowest BCUT2D eigenvalue weighted by Gasteiger charge is -2.28. The zero-order valence-electron chi connectivity index (χ0n) is 16.5. The zero-order chi connectivity index (χ0) is 19.8. The summed E-state index contributed by atoms with van der Waals surface area (Å²) >= 11 is 0. The molecule has 1 atom stereocenters. The first-order valence-corrected chi connectivity index (χ1v) is 9.92. The molecular formula is C23H31BF2N. The van der Waals surface area contributed by atoms with E-state index in [0.29, 0.717) is 12.4 Å². The van der Waals surface area contributed by atoms with Gasteiger partial charge in [-0.05, 0) is 66.7 Å². The number of rotatable bonds is 11. The van der Waals surface area contributed by atoms with Crippen LogP contribution in [-0.4, -0.2) is 19.6 Å². The third kappa shape index (κ3) is 6.68. The van der Waals surface area contributed by atoms with E-state index in [1.54, 1.807) is 0 Å². The van der Waals surface area contributed by atoms with Crippen molar-refractivity contribution in [2.24, 2.45) is 0 Å². The smallest absolute Gasteiger partial charge is 0.238 e. The second-order valence-electron chi connectivity index (χ2n) is 7.43. The molecule has 1 aromatic carbocycles. The average molecular weight is 370 g/mol. The fourth-order valence-electron chi connectivity index (χ4n) is 3.58. The van der Waals surface area contributed by atoms with Gasteiger partial charge in [0.25, 0.3) is 0 Å². The summed E-state index contributed by atoms with van der Waals surface area (Å²) in [6.07, 6.45) is 3.51. The standard InChI is InChI=1S/C23H31BF2N/c1-5-18(4)27-22-14-19-10-7-11-20(21(19)15-24-22)17(3)9-6-8-16(2)12-13-23(25)26/h7,10-11,22-23,27H,2-6,8-9,12-15H2,1H3. The third-order valence-corrected chi connectivity index (χ3v) is 5.24. The molecule has 1 unspecified atom stereocenters. The normalized spacial score (nSPS) is 15.8. The lowest BCUT2D eigenvalue weighted by molar-refractivity contribution is 0.138. The van der Waals surface area contributed by atoms with E-state index in [-0.39, 0.29) is 6.42 Å². The second-order valence-corrected chi connectivity index (χ2v) is 7.43. The molecule has 0 spiro atoms. The minimum atomic E-state index is -2.24. The van der Waals surface area contributed by atoms with Gasteiger partial charge in [-0.15, -0.1) is 0 Å². The Morgan fingerprint density at radius 2 is 2.00 bits per heavy atom. The average Bonchev–Trinajstić information content (AvgIpc) is 2.65. The minimum Gasteiger partial charge on any atom is -0.394 e. The maximum Gasteiger partial charge on any atom is 0.238 e. The van der Waals surface area contributed by atoms with E-state index in [0.717, 1.165) is 55.3 Å². The Morgan fingerprint density at radius 3 is 2.70 bits per heavy atom. The van der Waals surface area contributed by atoms with E-state index in [1.807, 2.05) is 0 Å². The molecule has 0 aromatic heterocycles. The van der Waals surface area contributed by atoms with Crippen molar-refractivity contribution < 1.29 is 8.78 Å². The Kier molecular flexibility index (Phi) is 8.34. The van der Waals surface area contributed by atoms with Gasteiger partial charge in [-0.2, -0.15) is 0 Å². The first kappa shape index (κ1) is 21.5. The second kappa shape index (κ2) is 10.5. The Bertz CT molecular complexity index is 681. The number of hydrogen-bond acceptors (Lipinski definition) is 1. The van der Waals surface area contributed by atoms with Gasteiger partial charge in [0.2, 0.25) is 6.43 Å². The van der Waals surface area contributed by atoms with Gasteiger partial charge in [0.05, 0.1) is 0 Å². The molecule has 1 radical (unpaired) electrons. The van der Waals surface area contributed by atoms with Crippen molar-refractivity contribution in [2.45, 2.75) is 70.6 Å². The van der Waals surface area contributed by atoms with E-state index < -0.39 is 6.43 Å². The molecule has 4 heteroatoms. The van der Waals surface area contributed by atoms with Crippen molar-refractivity contribution in [3.63, 3.8) is 0 Å². The Labute approximate surface area is 163 Å². The quantitative estimate of drug-likeness (QED) is 0.368. The van der Waals surface area contributed by atoms with E-state index in [2.05, 4.69) is 57.5 Å². The summed E-state index contributed by atoms with van der Waals surface area (Å²) in [6.45, 7) is 14.4. The predicted octanol–water partition coefficient (Wildman–Crippen LogP) is 6.07. The Balaban J connectivity index is 1.90. The highest BCUT2D eigenvalue weighted by Gasteiger charge is 2.22. The van der Waals surface area contributed by atoms with Crippen LogP contribution in [0, 0.1) is 0 Å². The molecule has 0 bridgehead atoms. The molecular weight excluding hydrogens is 339 g/mol. The number of fused-ring (bicyclic) bond motifs is 1. The maximum absolute atomic E-state index is 12.3. The van der Waals surface area contributed by atoms with Crippen LogP contribution in [0.5, 0.6) is 0 Å². The van der Waals surface area contributed by atoms with Gasteiger partial charge < -0.3 is 5.32 Å². The molecule has 0 amide bonds. The monoisotopic (exact) mass is 370 g/mol. The summed E-state index contributed by atoms with van der Waals surface area (Å²) in [5, 5.41) is 3.49. The molecule has 1 heterocycles. The number of hydrogen-bond donors (Lipinski definition) is 1. The maximum atomic E-state index is 12.3. The molecule has 0 fully saturated rings. The molecule has 1 aromatic rings. The largest absolute Gasteiger partial charge is 0.394 e. The summed E-state index contributed by atoms with van der Waals surface area (Å²) in [6, 6.07) is 6.46. The molecule has 2 rings (SSSR count). The summed E-state index contributed by atoms with van der Waals surface area (Å²) in [5.41, 5.74) is 7.11. The van der Waals surface area contributed by atoms with Gasteiger partial charge in [-0.1, -0.05) is 56.8 Å². The van der Waals surface area contributed by atoms with Crippen LogP contribution in [0.15, 0.2) is 49.2 Å². The SMILES string of the molecule is C=C(CCCC(=C)c1cccc2c1C[B]C(NC(=C)CC)C2)CCC(F)F. The van der Waals surface area contributed by atoms with E-state index in [1.165, 1.54) is 16.7 Å². The van der Waals surface area contributed by atoms with Crippen LogP contribution in [0.25, 0.3) is 5.57 Å². The van der Waals surface area contributed by atoms with Crippen LogP contribution in [0.2, 0.25) is 0 Å². The molecule has 1 aliphatic rings. The van der Waals surface area contributed by atoms with Crippen molar-refractivity contribution in [1.82, 2.24) is 5.32 Å². The summed E-state index contributed by atoms with van der Waals surface area (Å²) < 4.78 is 24.6. The highest BCUT2D eigenvalue weighted by Crippen LogP contribution is 2.29. The van der Waals surface area contributed by atoms with Crippen LogP contribution >= 0.6 is 0 Å². The van der Waals surface area contributed by atoms with Crippen LogP contribution in [0.1, 0.15) is 62.1 Å². The van der Waals surface area contributed by atoms with Crippen molar-refractivity contribution in [1.29, 1.82) is 0 Å². The molecule has 0 aliphatic carbocycles. The third-order valence-electron chi connectivity index (χ3n) is 5.24. The Morgan fingerprint density at radius 1 is 1.22 bits per heavy atom. The molecule has 0 saturated heterocycles. The number of nitrogens with one attached hydrogen (secondary N) is 1. The number of alkyl halides is 2. The number of allylic oxidation sites excluding steroid dienone is 3. The van der Waals surface area contributed by atoms with E-state index in [9.17, 15) is 8.78 Å². The summed E-state index contributed by atoms with van der Waals surface area (Å²) in [7, 11) is 2.33. The van der Waals surface area contributed by atoms with Crippen molar-refractivity contribution in [2.75, 3.05) is 0 Å². The van der Waals surface area contributed by atoms with E-state index in [4.69, 9.17) is 0 Å². The van der Waals surface area contributed by atoms with Gasteiger partial charge in [0.15, 0.2) is 0 Å². The van der Waals surface area contributed by atoms with Crippen LogP contribution < -0.4 is 5.32 Å². The van der Waals surface area contributed by atoms with Gasteiger partial charge in [0, 0.05) is 12.1 Å². The summed E-state index contributed by atoms with van der Waals surface area (Å²) in [5.74, 6) is 0.339. The van der Waals surface area contributed by atoms with Gasteiger partial charge in [0.1, 0.15) is 7.28 Å². The first-order chi connectivity index (χ1) is 12.9. The molecule has 1 nitrogen and oxygen atoms in total. The fourth-order valence-corrected chi connectivity index (χ4v) is 3.58. The van der Waals surface area contributed by atoms with Crippen LogP contribution in [-0.2, 0) is 12.7 Å². The topological polar surface area (TPSA) is 12.0 Å². The highest BCUT2D eigenvalue weighted by molar-refractivity contribution is 6.38. The number of benzene rings is 1. The predicted molar refractivity (Wildman–Crippen MR) is 113 cm³/mol. The summed E-state index contributed by atoms with van der Waals surface area (Å²) in [4.78, 5) is 0. The van der Waals surface area contributed by atoms with Gasteiger partial charge in [-0.25, -0.2) is 8.78 Å². The molecule has 1 aliphatic heterocycles.